The highest BCUT2D eigenvalue weighted by molar-refractivity contribution is 7.81. The summed E-state index contributed by atoms with van der Waals surface area (Å²) in [5.74, 6) is 0.568. The van der Waals surface area contributed by atoms with Crippen molar-refractivity contribution in [2.75, 3.05) is 36.4 Å². The highest BCUT2D eigenvalue weighted by Gasteiger charge is 2.24. The Morgan fingerprint density at radius 1 is 1.07 bits per heavy atom. The first kappa shape index (κ1) is 20.5. The van der Waals surface area contributed by atoms with Crippen molar-refractivity contribution in [1.29, 1.82) is 5.41 Å². The number of hydrogen-bond acceptors (Lipinski definition) is 4. The van der Waals surface area contributed by atoms with Gasteiger partial charge in [0.15, 0.2) is 0 Å². The Kier molecular flexibility index (Phi) is 6.43. The molecule has 0 saturated carbocycles. The summed E-state index contributed by atoms with van der Waals surface area (Å²) in [6, 6.07) is 8.14. The number of anilines is 2. The molecular formula is C24H28N4OS. The third-order valence-corrected chi connectivity index (χ3v) is 6.29. The Morgan fingerprint density at radius 2 is 1.83 bits per heavy atom. The minimum absolute atomic E-state index is 0.234. The quantitative estimate of drug-likeness (QED) is 0.428. The molecule has 3 aliphatic rings. The molecule has 1 saturated heterocycles. The maximum absolute atomic E-state index is 12.7. The van der Waals surface area contributed by atoms with Crippen LogP contribution in [0.1, 0.15) is 32.1 Å². The van der Waals surface area contributed by atoms with Crippen molar-refractivity contribution < 1.29 is 4.79 Å². The normalized spacial score (nSPS) is 19.3. The molecule has 0 aromatic heterocycles. The Morgan fingerprint density at radius 3 is 2.50 bits per heavy atom. The molecule has 1 aliphatic heterocycles. The fraction of sp³-hybridized carbons (Fsp3) is 0.375. The smallest absolute Gasteiger partial charge is 0.249 e. The molecule has 1 amide bonds. The molecule has 1 fully saturated rings. The number of hydrogen-bond donors (Lipinski definition) is 2. The van der Waals surface area contributed by atoms with E-state index in [0.717, 1.165) is 79.2 Å². The van der Waals surface area contributed by atoms with Gasteiger partial charge >= 0.3 is 0 Å². The van der Waals surface area contributed by atoms with E-state index >= 15 is 0 Å². The van der Waals surface area contributed by atoms with Crippen LogP contribution in [0.15, 0.2) is 59.7 Å². The maximum atomic E-state index is 12.7. The minimum atomic E-state index is 0.234. The maximum Gasteiger partial charge on any atom is 0.249 e. The lowest BCUT2D eigenvalue weighted by Gasteiger charge is -2.36. The van der Waals surface area contributed by atoms with Crippen molar-refractivity contribution in [2.45, 2.75) is 32.1 Å². The molecule has 156 valence electrons. The molecule has 0 bridgehead atoms. The summed E-state index contributed by atoms with van der Waals surface area (Å²) in [4.78, 5) is 17.8. The zero-order chi connectivity index (χ0) is 20.9. The topological polar surface area (TPSA) is 59.4 Å². The molecule has 5 nitrogen and oxygen atoms in total. The molecule has 1 aromatic carbocycles. The lowest BCUT2D eigenvalue weighted by Crippen LogP contribution is -2.49. The Bertz CT molecular complexity index is 921. The number of thiocarbonyl (C=S) groups is 1. The molecule has 0 atom stereocenters. The van der Waals surface area contributed by atoms with Crippen LogP contribution in [-0.4, -0.2) is 47.7 Å². The van der Waals surface area contributed by atoms with Crippen molar-refractivity contribution in [3.05, 3.63) is 59.7 Å². The minimum Gasteiger partial charge on any atom is -0.368 e. The Hall–Kier alpha value is -2.73. The van der Waals surface area contributed by atoms with Crippen LogP contribution in [0.5, 0.6) is 0 Å². The van der Waals surface area contributed by atoms with E-state index in [9.17, 15) is 4.79 Å². The summed E-state index contributed by atoms with van der Waals surface area (Å²) in [5.41, 5.74) is 3.81. The van der Waals surface area contributed by atoms with Gasteiger partial charge < -0.3 is 15.1 Å². The monoisotopic (exact) mass is 420 g/mol. The largest absolute Gasteiger partial charge is 0.368 e. The van der Waals surface area contributed by atoms with E-state index in [0.29, 0.717) is 5.84 Å². The second-order valence-corrected chi connectivity index (χ2v) is 8.43. The lowest BCUT2D eigenvalue weighted by molar-refractivity contribution is -0.127. The van der Waals surface area contributed by atoms with Crippen molar-refractivity contribution in [1.82, 2.24) is 4.90 Å². The van der Waals surface area contributed by atoms with Crippen LogP contribution in [0.3, 0.4) is 0 Å². The van der Waals surface area contributed by atoms with E-state index in [1.54, 1.807) is 0 Å². The number of amidine groups is 1. The molecular weight excluding hydrogens is 392 g/mol. The zero-order valence-corrected chi connectivity index (χ0v) is 18.0. The molecule has 2 N–H and O–H groups in total. The fourth-order valence-electron chi connectivity index (χ4n) is 4.14. The number of piperazine rings is 1. The van der Waals surface area contributed by atoms with Gasteiger partial charge in [0.1, 0.15) is 5.84 Å². The predicted molar refractivity (Wildman–Crippen MR) is 128 cm³/mol. The number of nitrogens with one attached hydrogen (secondary N) is 2. The zero-order valence-electron chi connectivity index (χ0n) is 17.2. The number of carbonyl (C=O) groups excluding carboxylic acids is 1. The van der Waals surface area contributed by atoms with Gasteiger partial charge in [0, 0.05) is 60.0 Å². The first-order valence-corrected chi connectivity index (χ1v) is 11.1. The van der Waals surface area contributed by atoms with Crippen LogP contribution in [0.25, 0.3) is 0 Å². The second kappa shape index (κ2) is 9.39. The van der Waals surface area contributed by atoms with Crippen molar-refractivity contribution >= 4 is 40.2 Å². The standard InChI is InChI=1S/C24H28N4OS/c25-23(21-8-4-5-9-22(21)30)26-19-10-12-20(13-11-19)27-14-16-28(17-15-27)24(29)18-6-2-1-3-7-18/h4-6,8,10-13H,1-3,7,9,14-17H2,(H2,25,26). The Labute approximate surface area is 183 Å². The molecule has 0 spiro atoms. The van der Waals surface area contributed by atoms with Crippen LogP contribution in [0, 0.1) is 5.41 Å². The summed E-state index contributed by atoms with van der Waals surface area (Å²) in [6.07, 6.45) is 13.0. The van der Waals surface area contributed by atoms with Crippen molar-refractivity contribution in [3.63, 3.8) is 0 Å². The highest BCUT2D eigenvalue weighted by atomic mass is 32.1. The molecule has 6 heteroatoms. The van der Waals surface area contributed by atoms with Gasteiger partial charge in [-0.15, -0.1) is 0 Å². The SMILES string of the molecule is N=C(Nc1ccc(N2CCN(C(=O)C3=CCCCC3)CC2)cc1)C1=CC=CCC1=S. The third kappa shape index (κ3) is 4.70. The van der Waals surface area contributed by atoms with E-state index in [2.05, 4.69) is 28.4 Å². The van der Waals surface area contributed by atoms with Gasteiger partial charge in [0.2, 0.25) is 5.91 Å². The van der Waals surface area contributed by atoms with Crippen molar-refractivity contribution in [3.8, 4) is 0 Å². The second-order valence-electron chi connectivity index (χ2n) is 7.94. The van der Waals surface area contributed by atoms with Crippen LogP contribution in [0.2, 0.25) is 0 Å². The average Bonchev–Trinajstić information content (AvgIpc) is 2.80. The van der Waals surface area contributed by atoms with Crippen LogP contribution < -0.4 is 10.2 Å². The molecule has 0 unspecified atom stereocenters. The number of nitrogens with zero attached hydrogens (tertiary/aromatic N) is 2. The number of rotatable bonds is 4. The summed E-state index contributed by atoms with van der Waals surface area (Å²) >= 11 is 5.36. The van der Waals surface area contributed by atoms with Crippen LogP contribution in [-0.2, 0) is 4.79 Å². The van der Waals surface area contributed by atoms with E-state index in [-0.39, 0.29) is 5.91 Å². The third-order valence-electron chi connectivity index (χ3n) is 5.91. The number of benzene rings is 1. The fourth-order valence-corrected chi connectivity index (χ4v) is 4.40. The first-order chi connectivity index (χ1) is 14.6. The summed E-state index contributed by atoms with van der Waals surface area (Å²) in [5, 5.41) is 11.4. The molecule has 4 rings (SSSR count). The van der Waals surface area contributed by atoms with Crippen LogP contribution >= 0.6 is 12.2 Å². The lowest BCUT2D eigenvalue weighted by atomic mass is 9.98. The highest BCUT2D eigenvalue weighted by Crippen LogP contribution is 2.23. The average molecular weight is 421 g/mol. The molecule has 1 aromatic rings. The first-order valence-electron chi connectivity index (χ1n) is 10.7. The Balaban J connectivity index is 1.32. The molecule has 0 radical (unpaired) electrons. The van der Waals surface area contributed by atoms with E-state index in [1.807, 2.05) is 35.3 Å². The van der Waals surface area contributed by atoms with Crippen LogP contribution in [0.4, 0.5) is 11.4 Å². The van der Waals surface area contributed by atoms with Gasteiger partial charge in [0.05, 0.1) is 0 Å². The number of carbonyl (C=O) groups is 1. The molecule has 2 aliphatic carbocycles. The summed E-state index contributed by atoms with van der Waals surface area (Å²) < 4.78 is 0. The molecule has 1 heterocycles. The van der Waals surface area contributed by atoms with E-state index in [4.69, 9.17) is 17.6 Å². The van der Waals surface area contributed by atoms with Gasteiger partial charge in [-0.2, -0.15) is 0 Å². The summed E-state index contributed by atoms with van der Waals surface area (Å²) in [6.45, 7) is 3.21. The predicted octanol–water partition coefficient (Wildman–Crippen LogP) is 4.48. The van der Waals surface area contributed by atoms with Gasteiger partial charge in [-0.05, 0) is 49.9 Å². The number of allylic oxidation sites excluding steroid dienone is 4. The number of amides is 1. The summed E-state index contributed by atoms with van der Waals surface area (Å²) in [7, 11) is 0. The molecule has 30 heavy (non-hydrogen) atoms. The van der Waals surface area contributed by atoms with Gasteiger partial charge in [-0.1, -0.05) is 36.5 Å². The van der Waals surface area contributed by atoms with Gasteiger partial charge in [-0.25, -0.2) is 0 Å². The van der Waals surface area contributed by atoms with Gasteiger partial charge in [0.25, 0.3) is 0 Å². The van der Waals surface area contributed by atoms with Crippen molar-refractivity contribution in [2.24, 2.45) is 0 Å². The van der Waals surface area contributed by atoms with E-state index < -0.39 is 0 Å². The van der Waals surface area contributed by atoms with E-state index in [1.165, 1.54) is 6.42 Å². The van der Waals surface area contributed by atoms with Gasteiger partial charge in [-0.3, -0.25) is 10.2 Å².